The molecule has 1 fully saturated rings. The van der Waals surface area contributed by atoms with Gasteiger partial charge in [0.25, 0.3) is 0 Å². The molecule has 0 aliphatic carbocycles. The molecule has 3 N–H and O–H groups in total. The van der Waals surface area contributed by atoms with Gasteiger partial charge in [0, 0.05) is 16.7 Å². The van der Waals surface area contributed by atoms with Crippen molar-refractivity contribution in [2.45, 2.75) is 24.7 Å². The van der Waals surface area contributed by atoms with Crippen LogP contribution in [0.4, 0.5) is 5.69 Å². The normalized spacial score (nSPS) is 19.6. The maximum atomic E-state index is 12.4. The molecule has 2 rings (SSSR count). The van der Waals surface area contributed by atoms with E-state index in [2.05, 4.69) is 39.5 Å². The number of piperidine rings is 1. The van der Waals surface area contributed by atoms with Crippen molar-refractivity contribution in [2.75, 3.05) is 32.4 Å². The molecule has 118 valence electrons. The Labute approximate surface area is 135 Å². The number of hydrogen-bond donors (Lipinski definition) is 2. The smallest absolute Gasteiger partial charge is 0.240 e. The number of nitrogen functional groups attached to an aromatic ring is 1. The third-order valence-electron chi connectivity index (χ3n) is 4.16. The molecule has 0 bridgehead atoms. The molecular formula is C14H22BrN3O2S. The quantitative estimate of drug-likeness (QED) is 0.789. The molecule has 7 heteroatoms. The van der Waals surface area contributed by atoms with Crippen LogP contribution in [0.3, 0.4) is 0 Å². The van der Waals surface area contributed by atoms with E-state index < -0.39 is 10.0 Å². The van der Waals surface area contributed by atoms with E-state index in [1.165, 1.54) is 6.07 Å². The van der Waals surface area contributed by atoms with Gasteiger partial charge in [-0.25, -0.2) is 13.1 Å². The van der Waals surface area contributed by atoms with Crippen molar-refractivity contribution < 1.29 is 8.42 Å². The molecule has 1 aliphatic heterocycles. The lowest BCUT2D eigenvalue weighted by atomic mass is 9.81. The number of hydrogen-bond acceptors (Lipinski definition) is 4. The molecule has 1 aliphatic rings. The number of sulfonamides is 1. The number of likely N-dealkylation sites (tertiary alicyclic amines) is 1. The second-order valence-corrected chi connectivity index (χ2v) is 8.74. The van der Waals surface area contributed by atoms with Gasteiger partial charge in [-0.1, -0.05) is 6.92 Å². The van der Waals surface area contributed by atoms with Crippen LogP contribution < -0.4 is 10.5 Å². The van der Waals surface area contributed by atoms with Crippen molar-refractivity contribution >= 4 is 31.6 Å². The van der Waals surface area contributed by atoms with E-state index in [0.717, 1.165) is 25.9 Å². The monoisotopic (exact) mass is 375 g/mol. The van der Waals surface area contributed by atoms with Crippen molar-refractivity contribution in [3.63, 3.8) is 0 Å². The fourth-order valence-corrected chi connectivity index (χ4v) is 3.86. The molecule has 0 unspecified atom stereocenters. The van der Waals surface area contributed by atoms with Crippen LogP contribution in [0, 0.1) is 5.41 Å². The first-order valence-corrected chi connectivity index (χ1v) is 9.23. The summed E-state index contributed by atoms with van der Waals surface area (Å²) in [5.74, 6) is 0. The van der Waals surface area contributed by atoms with Gasteiger partial charge in [-0.15, -0.1) is 0 Å². The number of rotatable bonds is 4. The average Bonchev–Trinajstić information content (AvgIpc) is 2.43. The van der Waals surface area contributed by atoms with Crippen molar-refractivity contribution in [2.24, 2.45) is 5.41 Å². The van der Waals surface area contributed by atoms with Gasteiger partial charge < -0.3 is 10.6 Å². The predicted octanol–water partition coefficient (Wildman–Crippen LogP) is 2.04. The van der Waals surface area contributed by atoms with E-state index >= 15 is 0 Å². The molecule has 1 aromatic rings. The fourth-order valence-electron chi connectivity index (χ4n) is 2.38. The van der Waals surface area contributed by atoms with Gasteiger partial charge in [-0.2, -0.15) is 0 Å². The Morgan fingerprint density at radius 3 is 2.57 bits per heavy atom. The highest BCUT2D eigenvalue weighted by molar-refractivity contribution is 9.10. The lowest BCUT2D eigenvalue weighted by molar-refractivity contribution is 0.143. The number of nitrogens with zero attached hydrogens (tertiary/aromatic N) is 1. The van der Waals surface area contributed by atoms with E-state index in [-0.39, 0.29) is 10.3 Å². The van der Waals surface area contributed by atoms with Gasteiger partial charge >= 0.3 is 0 Å². The SMILES string of the molecule is CN1CCC(C)(CNS(=O)(=O)c2ccc(Br)c(N)c2)CC1. The Hall–Kier alpha value is -0.630. The molecule has 0 aromatic heterocycles. The second-order valence-electron chi connectivity index (χ2n) is 6.12. The zero-order valence-corrected chi connectivity index (χ0v) is 14.8. The Morgan fingerprint density at radius 1 is 1.38 bits per heavy atom. The van der Waals surface area contributed by atoms with Crippen LogP contribution in [0.25, 0.3) is 0 Å². The van der Waals surface area contributed by atoms with Crippen LogP contribution in [-0.2, 0) is 10.0 Å². The second kappa shape index (κ2) is 6.24. The minimum absolute atomic E-state index is 0.0144. The van der Waals surface area contributed by atoms with Crippen LogP contribution in [-0.4, -0.2) is 40.0 Å². The predicted molar refractivity (Wildman–Crippen MR) is 88.6 cm³/mol. The molecule has 0 spiro atoms. The van der Waals surface area contributed by atoms with Gasteiger partial charge in [0.15, 0.2) is 0 Å². The van der Waals surface area contributed by atoms with Crippen molar-refractivity contribution in [3.05, 3.63) is 22.7 Å². The van der Waals surface area contributed by atoms with Gasteiger partial charge in [-0.3, -0.25) is 0 Å². The van der Waals surface area contributed by atoms with E-state index in [1.807, 2.05) is 0 Å². The summed E-state index contributed by atoms with van der Waals surface area (Å²) < 4.78 is 28.1. The van der Waals surface area contributed by atoms with Crippen LogP contribution >= 0.6 is 15.9 Å². The van der Waals surface area contributed by atoms with Gasteiger partial charge in [0.2, 0.25) is 10.0 Å². The van der Waals surface area contributed by atoms with Gasteiger partial charge in [0.1, 0.15) is 0 Å². The molecule has 0 atom stereocenters. The van der Waals surface area contributed by atoms with Crippen molar-refractivity contribution in [3.8, 4) is 0 Å². The largest absolute Gasteiger partial charge is 0.398 e. The standard InChI is InChI=1S/C14H22BrN3O2S/c1-14(5-7-18(2)8-6-14)10-17-21(19,20)11-3-4-12(15)13(16)9-11/h3-4,9,17H,5-8,10,16H2,1-2H3. The number of benzene rings is 1. The highest BCUT2D eigenvalue weighted by Gasteiger charge is 2.30. The highest BCUT2D eigenvalue weighted by atomic mass is 79.9. The summed E-state index contributed by atoms with van der Waals surface area (Å²) in [4.78, 5) is 2.48. The Balaban J connectivity index is 2.06. The summed E-state index contributed by atoms with van der Waals surface area (Å²) in [5, 5.41) is 0. The molecular weight excluding hydrogens is 354 g/mol. The molecule has 5 nitrogen and oxygen atoms in total. The van der Waals surface area contributed by atoms with Crippen LogP contribution in [0.1, 0.15) is 19.8 Å². The summed E-state index contributed by atoms with van der Waals surface area (Å²) in [7, 11) is -1.42. The van der Waals surface area contributed by atoms with Crippen LogP contribution in [0.5, 0.6) is 0 Å². The molecule has 1 heterocycles. The minimum Gasteiger partial charge on any atom is -0.398 e. The summed E-state index contributed by atoms with van der Waals surface area (Å²) in [6.07, 6.45) is 1.99. The topological polar surface area (TPSA) is 75.4 Å². The first-order valence-electron chi connectivity index (χ1n) is 6.95. The summed E-state index contributed by atoms with van der Waals surface area (Å²) in [6.45, 7) is 4.60. The lowest BCUT2D eigenvalue weighted by Crippen LogP contribution is -2.43. The average molecular weight is 376 g/mol. The van der Waals surface area contributed by atoms with Gasteiger partial charge in [-0.05, 0) is 72.5 Å². The first-order chi connectivity index (χ1) is 9.72. The molecule has 0 radical (unpaired) electrons. The van der Waals surface area contributed by atoms with Crippen molar-refractivity contribution in [1.82, 2.24) is 9.62 Å². The summed E-state index contributed by atoms with van der Waals surface area (Å²) in [6, 6.07) is 4.68. The molecule has 1 saturated heterocycles. The minimum atomic E-state index is -3.52. The number of nitrogens with one attached hydrogen (secondary N) is 1. The van der Waals surface area contributed by atoms with Gasteiger partial charge in [0.05, 0.1) is 4.90 Å². The van der Waals surface area contributed by atoms with E-state index in [0.29, 0.717) is 16.7 Å². The number of halogens is 1. The maximum absolute atomic E-state index is 12.4. The zero-order valence-electron chi connectivity index (χ0n) is 12.4. The maximum Gasteiger partial charge on any atom is 0.240 e. The number of nitrogens with two attached hydrogens (primary N) is 1. The highest BCUT2D eigenvalue weighted by Crippen LogP contribution is 2.30. The molecule has 1 aromatic carbocycles. The first kappa shape index (κ1) is 16.7. The Kier molecular flexibility index (Phi) is 4.97. The van der Waals surface area contributed by atoms with E-state index in [9.17, 15) is 8.42 Å². The molecule has 21 heavy (non-hydrogen) atoms. The Bertz CT molecular complexity index is 611. The van der Waals surface area contributed by atoms with Crippen LogP contribution in [0.15, 0.2) is 27.6 Å². The lowest BCUT2D eigenvalue weighted by Gasteiger charge is -2.37. The van der Waals surface area contributed by atoms with E-state index in [1.54, 1.807) is 12.1 Å². The third-order valence-corrected chi connectivity index (χ3v) is 6.28. The molecule has 0 amide bonds. The Morgan fingerprint density at radius 2 is 2.00 bits per heavy atom. The molecule has 0 saturated carbocycles. The van der Waals surface area contributed by atoms with E-state index in [4.69, 9.17) is 5.73 Å². The number of anilines is 1. The zero-order chi connectivity index (χ0) is 15.7. The fraction of sp³-hybridized carbons (Fsp3) is 0.571. The third kappa shape index (κ3) is 4.18. The summed E-state index contributed by atoms with van der Waals surface area (Å²) in [5.41, 5.74) is 6.19. The summed E-state index contributed by atoms with van der Waals surface area (Å²) >= 11 is 3.27. The van der Waals surface area contributed by atoms with Crippen molar-refractivity contribution in [1.29, 1.82) is 0 Å². The van der Waals surface area contributed by atoms with Crippen LogP contribution in [0.2, 0.25) is 0 Å².